The Kier molecular flexibility index (Phi) is 6.14. The van der Waals surface area contributed by atoms with Gasteiger partial charge in [-0.1, -0.05) is 43.8 Å². The predicted molar refractivity (Wildman–Crippen MR) is 108 cm³/mol. The maximum absolute atomic E-state index is 12.2. The number of nitrogens with one attached hydrogen (secondary N) is 1. The van der Waals surface area contributed by atoms with Gasteiger partial charge in [-0.3, -0.25) is 4.79 Å². The van der Waals surface area contributed by atoms with E-state index in [1.54, 1.807) is 6.33 Å². The van der Waals surface area contributed by atoms with Crippen LogP contribution in [0.25, 0.3) is 0 Å². The molecular formula is C20H26N4OS. The van der Waals surface area contributed by atoms with Gasteiger partial charge in [-0.2, -0.15) is 0 Å². The summed E-state index contributed by atoms with van der Waals surface area (Å²) in [6, 6.07) is 9.79. The first-order valence-electron chi connectivity index (χ1n) is 9.06. The smallest absolute Gasteiger partial charge is 0.234 e. The average molecular weight is 371 g/mol. The molecule has 1 aliphatic rings. The lowest BCUT2D eigenvalue weighted by atomic mass is 9.92. The second-order valence-corrected chi connectivity index (χ2v) is 8.21. The van der Waals surface area contributed by atoms with Crippen molar-refractivity contribution in [3.05, 3.63) is 42.2 Å². The number of hydrogen-bond donors (Lipinski definition) is 1. The Balaban J connectivity index is 1.58. The Bertz CT molecular complexity index is 757. The molecule has 3 rings (SSSR count). The molecule has 26 heavy (non-hydrogen) atoms. The highest BCUT2D eigenvalue weighted by Gasteiger charge is 2.23. The van der Waals surface area contributed by atoms with E-state index >= 15 is 0 Å². The Morgan fingerprint density at radius 2 is 1.96 bits per heavy atom. The van der Waals surface area contributed by atoms with Crippen molar-refractivity contribution in [1.82, 2.24) is 9.97 Å². The molecule has 1 aromatic heterocycles. The lowest BCUT2D eigenvalue weighted by Crippen LogP contribution is -2.39. The van der Waals surface area contributed by atoms with Crippen molar-refractivity contribution in [1.29, 1.82) is 0 Å². The van der Waals surface area contributed by atoms with Crippen LogP contribution >= 0.6 is 11.8 Å². The van der Waals surface area contributed by atoms with Gasteiger partial charge in [0.2, 0.25) is 5.91 Å². The van der Waals surface area contributed by atoms with Gasteiger partial charge in [0.15, 0.2) is 0 Å². The molecule has 0 spiro atoms. The number of rotatable bonds is 5. The van der Waals surface area contributed by atoms with E-state index in [-0.39, 0.29) is 5.91 Å². The van der Waals surface area contributed by atoms with E-state index in [4.69, 9.17) is 0 Å². The van der Waals surface area contributed by atoms with Crippen LogP contribution in [0, 0.1) is 18.8 Å². The number of piperidine rings is 1. The van der Waals surface area contributed by atoms with Crippen molar-refractivity contribution < 1.29 is 4.79 Å². The average Bonchev–Trinajstić information content (AvgIpc) is 2.61. The molecule has 1 saturated heterocycles. The number of carbonyl (C=O) groups is 1. The maximum atomic E-state index is 12.2. The third-order valence-corrected chi connectivity index (χ3v) is 5.52. The van der Waals surface area contributed by atoms with Crippen molar-refractivity contribution in [2.24, 2.45) is 11.8 Å². The molecule has 5 nitrogen and oxygen atoms in total. The summed E-state index contributed by atoms with van der Waals surface area (Å²) in [6.07, 6.45) is 2.86. The van der Waals surface area contributed by atoms with Crippen molar-refractivity contribution in [2.45, 2.75) is 32.2 Å². The normalized spacial score (nSPS) is 20.0. The van der Waals surface area contributed by atoms with Crippen LogP contribution < -0.4 is 10.2 Å². The van der Waals surface area contributed by atoms with Gasteiger partial charge in [-0.05, 0) is 36.8 Å². The summed E-state index contributed by atoms with van der Waals surface area (Å²) in [7, 11) is 0. The van der Waals surface area contributed by atoms with Gasteiger partial charge in [-0.15, -0.1) is 0 Å². The number of thioether (sulfide) groups is 1. The van der Waals surface area contributed by atoms with Gasteiger partial charge in [0, 0.05) is 24.8 Å². The quantitative estimate of drug-likeness (QED) is 0.637. The van der Waals surface area contributed by atoms with E-state index in [2.05, 4.69) is 34.0 Å². The van der Waals surface area contributed by atoms with Gasteiger partial charge in [-0.25, -0.2) is 9.97 Å². The summed E-state index contributed by atoms with van der Waals surface area (Å²) >= 11 is 1.44. The molecule has 2 atom stereocenters. The second kappa shape index (κ2) is 8.54. The van der Waals surface area contributed by atoms with Crippen LogP contribution in [0.15, 0.2) is 41.7 Å². The van der Waals surface area contributed by atoms with Crippen LogP contribution in [0.5, 0.6) is 0 Å². The molecule has 138 valence electrons. The highest BCUT2D eigenvalue weighted by atomic mass is 32.2. The van der Waals surface area contributed by atoms with Gasteiger partial charge in [0.05, 0.1) is 5.75 Å². The summed E-state index contributed by atoms with van der Waals surface area (Å²) in [4.78, 5) is 23.3. The van der Waals surface area contributed by atoms with Crippen molar-refractivity contribution >= 4 is 29.2 Å². The number of amides is 1. The lowest BCUT2D eigenvalue weighted by Gasteiger charge is -2.35. The zero-order valence-electron chi connectivity index (χ0n) is 15.6. The van der Waals surface area contributed by atoms with Crippen LogP contribution in [-0.4, -0.2) is 34.7 Å². The molecular weight excluding hydrogens is 344 g/mol. The lowest BCUT2D eigenvalue weighted by molar-refractivity contribution is -0.113. The molecule has 1 N–H and O–H groups in total. The van der Waals surface area contributed by atoms with Crippen molar-refractivity contribution in [3.8, 4) is 0 Å². The number of para-hydroxylation sites is 1. The fraction of sp³-hybridized carbons (Fsp3) is 0.450. The van der Waals surface area contributed by atoms with Crippen LogP contribution in [0.1, 0.15) is 25.8 Å². The monoisotopic (exact) mass is 370 g/mol. The van der Waals surface area contributed by atoms with Gasteiger partial charge >= 0.3 is 0 Å². The Hall–Kier alpha value is -2.08. The first kappa shape index (κ1) is 18.7. The molecule has 2 unspecified atom stereocenters. The molecule has 6 heteroatoms. The van der Waals surface area contributed by atoms with Crippen LogP contribution in [-0.2, 0) is 4.79 Å². The number of nitrogens with zero attached hydrogens (tertiary/aromatic N) is 3. The van der Waals surface area contributed by atoms with Gasteiger partial charge < -0.3 is 10.2 Å². The van der Waals surface area contributed by atoms with Crippen LogP contribution in [0.2, 0.25) is 0 Å². The second-order valence-electron chi connectivity index (χ2n) is 7.22. The third kappa shape index (κ3) is 4.97. The molecule has 2 heterocycles. The minimum absolute atomic E-state index is 0.0234. The maximum Gasteiger partial charge on any atom is 0.234 e. The largest absolute Gasteiger partial charge is 0.356 e. The summed E-state index contributed by atoms with van der Waals surface area (Å²) in [5.74, 6) is 2.61. The Morgan fingerprint density at radius 3 is 2.69 bits per heavy atom. The van der Waals surface area contributed by atoms with E-state index in [1.807, 2.05) is 37.3 Å². The Morgan fingerprint density at radius 1 is 1.23 bits per heavy atom. The minimum atomic E-state index is -0.0234. The summed E-state index contributed by atoms with van der Waals surface area (Å²) in [5.41, 5.74) is 1.92. The van der Waals surface area contributed by atoms with E-state index in [0.29, 0.717) is 17.6 Å². The fourth-order valence-electron chi connectivity index (χ4n) is 3.47. The van der Waals surface area contributed by atoms with Gasteiger partial charge in [0.25, 0.3) is 0 Å². The Labute approximate surface area is 159 Å². The zero-order chi connectivity index (χ0) is 18.5. The summed E-state index contributed by atoms with van der Waals surface area (Å²) < 4.78 is 0. The fourth-order valence-corrected chi connectivity index (χ4v) is 4.13. The highest BCUT2D eigenvalue weighted by Crippen LogP contribution is 2.27. The van der Waals surface area contributed by atoms with E-state index < -0.39 is 0 Å². The molecule has 1 amide bonds. The zero-order valence-corrected chi connectivity index (χ0v) is 16.4. The van der Waals surface area contributed by atoms with Crippen LogP contribution in [0.3, 0.4) is 0 Å². The molecule has 1 fully saturated rings. The number of aromatic nitrogens is 2. The number of carbonyl (C=O) groups excluding carboxylic acids is 1. The molecule has 0 bridgehead atoms. The van der Waals surface area contributed by atoms with Crippen molar-refractivity contribution in [2.75, 3.05) is 29.1 Å². The van der Waals surface area contributed by atoms with Crippen LogP contribution in [0.4, 0.5) is 11.5 Å². The molecule has 0 aliphatic carbocycles. The van der Waals surface area contributed by atoms with E-state index in [1.165, 1.54) is 18.2 Å². The first-order chi connectivity index (χ1) is 12.5. The first-order valence-corrected chi connectivity index (χ1v) is 10.0. The molecule has 2 aromatic rings. The number of benzene rings is 1. The number of anilines is 2. The standard InChI is InChI=1S/C20H26N4OS/c1-14-8-15(2)11-24(10-14)18-9-20(22-13-21-18)26-12-19(25)23-17-7-5-4-6-16(17)3/h4-7,9,13-15H,8,10-12H2,1-3H3,(H,23,25). The molecule has 1 aromatic carbocycles. The topological polar surface area (TPSA) is 58.1 Å². The summed E-state index contributed by atoms with van der Waals surface area (Å²) in [5, 5.41) is 3.79. The molecule has 0 saturated carbocycles. The molecule has 0 radical (unpaired) electrons. The number of aryl methyl sites for hydroxylation is 1. The minimum Gasteiger partial charge on any atom is -0.356 e. The van der Waals surface area contributed by atoms with E-state index in [9.17, 15) is 4.79 Å². The van der Waals surface area contributed by atoms with Gasteiger partial charge in [0.1, 0.15) is 17.2 Å². The highest BCUT2D eigenvalue weighted by molar-refractivity contribution is 7.99. The summed E-state index contributed by atoms with van der Waals surface area (Å²) in [6.45, 7) is 8.61. The third-order valence-electron chi connectivity index (χ3n) is 4.59. The SMILES string of the molecule is Cc1ccccc1NC(=O)CSc1cc(N2CC(C)CC(C)C2)ncn1. The predicted octanol–water partition coefficient (Wildman–Crippen LogP) is 4.00. The van der Waals surface area contributed by atoms with Crippen molar-refractivity contribution in [3.63, 3.8) is 0 Å². The number of hydrogen-bond acceptors (Lipinski definition) is 5. The van der Waals surface area contributed by atoms with E-state index in [0.717, 1.165) is 35.2 Å². The molecule has 1 aliphatic heterocycles.